The number of alkyl halides is 1. The number of rotatable bonds is 1. The molecule has 1 aliphatic heterocycles. The number of aliphatic hydroxyl groups is 1. The van der Waals surface area contributed by atoms with Crippen molar-refractivity contribution < 1.29 is 14.2 Å². The Balaban J connectivity index is 2.55. The van der Waals surface area contributed by atoms with Crippen LogP contribution in [0.4, 0.5) is 4.39 Å². The first-order valence-corrected chi connectivity index (χ1v) is 3.50. The molecule has 0 aromatic carbocycles. The van der Waals surface area contributed by atoms with E-state index >= 15 is 0 Å². The summed E-state index contributed by atoms with van der Waals surface area (Å²) in [5.74, 6) is 0. The molecule has 60 valence electrons. The molecule has 0 radical (unpaired) electrons. The number of ether oxygens (including phenoxy) is 1. The van der Waals surface area contributed by atoms with Gasteiger partial charge in [-0.05, 0) is 13.8 Å². The Morgan fingerprint density at radius 2 is 2.20 bits per heavy atom. The minimum absolute atomic E-state index is 0.411. The molecule has 0 spiro atoms. The summed E-state index contributed by atoms with van der Waals surface area (Å²) in [6, 6.07) is 0. The average molecular weight is 148 g/mol. The molecule has 2 nitrogen and oxygen atoms in total. The lowest BCUT2D eigenvalue weighted by Gasteiger charge is -2.25. The van der Waals surface area contributed by atoms with Crippen LogP contribution in [0.1, 0.15) is 20.3 Å². The molecule has 1 aliphatic rings. The van der Waals surface area contributed by atoms with Crippen LogP contribution in [0.2, 0.25) is 0 Å². The van der Waals surface area contributed by atoms with E-state index in [9.17, 15) is 9.50 Å². The zero-order valence-electron chi connectivity index (χ0n) is 6.30. The molecular weight excluding hydrogens is 135 g/mol. The van der Waals surface area contributed by atoms with E-state index in [0.717, 1.165) is 0 Å². The molecule has 0 amide bonds. The number of hydrogen-bond acceptors (Lipinski definition) is 2. The van der Waals surface area contributed by atoms with E-state index in [2.05, 4.69) is 0 Å². The summed E-state index contributed by atoms with van der Waals surface area (Å²) >= 11 is 0. The highest BCUT2D eigenvalue weighted by Crippen LogP contribution is 2.25. The van der Waals surface area contributed by atoms with Gasteiger partial charge in [0.1, 0.15) is 12.3 Å². The van der Waals surface area contributed by atoms with E-state index < -0.39 is 17.9 Å². The molecule has 0 aliphatic carbocycles. The van der Waals surface area contributed by atoms with Crippen molar-refractivity contribution in [2.24, 2.45) is 0 Å². The Bertz CT molecular complexity index is 119. The highest BCUT2D eigenvalue weighted by atomic mass is 19.1. The maximum absolute atomic E-state index is 12.8. The summed E-state index contributed by atoms with van der Waals surface area (Å²) < 4.78 is 17.8. The fourth-order valence-corrected chi connectivity index (χ4v) is 1.21. The van der Waals surface area contributed by atoms with Gasteiger partial charge in [0.15, 0.2) is 0 Å². The second kappa shape index (κ2) is 2.47. The lowest BCUT2D eigenvalue weighted by molar-refractivity contribution is -0.0800. The minimum atomic E-state index is -1.05. The molecule has 3 heteroatoms. The summed E-state index contributed by atoms with van der Waals surface area (Å²) in [5, 5.41) is 9.32. The summed E-state index contributed by atoms with van der Waals surface area (Å²) in [4.78, 5) is 0. The topological polar surface area (TPSA) is 29.5 Å². The van der Waals surface area contributed by atoms with Crippen LogP contribution < -0.4 is 0 Å². The second-order valence-corrected chi connectivity index (χ2v) is 3.25. The third-order valence-corrected chi connectivity index (χ3v) is 1.72. The van der Waals surface area contributed by atoms with Gasteiger partial charge < -0.3 is 9.84 Å². The SMILES string of the molecule is CC(C)(O)C1OCCC1F. The van der Waals surface area contributed by atoms with Crippen LogP contribution >= 0.6 is 0 Å². The van der Waals surface area contributed by atoms with Crippen molar-refractivity contribution in [2.45, 2.75) is 38.1 Å². The molecule has 0 bridgehead atoms. The normalized spacial score (nSPS) is 34.8. The first-order chi connectivity index (χ1) is 4.52. The van der Waals surface area contributed by atoms with Gasteiger partial charge in [0.2, 0.25) is 0 Å². The maximum Gasteiger partial charge on any atom is 0.131 e. The van der Waals surface area contributed by atoms with Gasteiger partial charge in [-0.3, -0.25) is 0 Å². The van der Waals surface area contributed by atoms with E-state index in [-0.39, 0.29) is 0 Å². The number of hydrogen-bond donors (Lipinski definition) is 1. The monoisotopic (exact) mass is 148 g/mol. The van der Waals surface area contributed by atoms with E-state index in [1.54, 1.807) is 13.8 Å². The van der Waals surface area contributed by atoms with E-state index in [0.29, 0.717) is 13.0 Å². The fourth-order valence-electron chi connectivity index (χ4n) is 1.21. The molecule has 0 aromatic heterocycles. The van der Waals surface area contributed by atoms with Gasteiger partial charge >= 0.3 is 0 Å². The number of halogens is 1. The Morgan fingerprint density at radius 3 is 2.40 bits per heavy atom. The summed E-state index contributed by atoms with van der Waals surface area (Å²) in [6.07, 6.45) is -1.22. The zero-order chi connectivity index (χ0) is 7.78. The summed E-state index contributed by atoms with van der Waals surface area (Å²) in [7, 11) is 0. The van der Waals surface area contributed by atoms with Crippen LogP contribution in [0.5, 0.6) is 0 Å². The van der Waals surface area contributed by atoms with E-state index in [1.165, 1.54) is 0 Å². The Hall–Kier alpha value is -0.150. The molecule has 2 atom stereocenters. The molecule has 0 saturated carbocycles. The summed E-state index contributed by atoms with van der Waals surface area (Å²) in [5.41, 5.74) is -1.05. The quantitative estimate of drug-likeness (QED) is 0.598. The Kier molecular flexibility index (Phi) is 1.97. The summed E-state index contributed by atoms with van der Waals surface area (Å²) in [6.45, 7) is 3.56. The van der Waals surface area contributed by atoms with Crippen molar-refractivity contribution in [3.05, 3.63) is 0 Å². The molecule has 1 N–H and O–H groups in total. The molecule has 1 fully saturated rings. The van der Waals surface area contributed by atoms with E-state index in [1.807, 2.05) is 0 Å². The highest BCUT2D eigenvalue weighted by Gasteiger charge is 2.39. The van der Waals surface area contributed by atoms with Gasteiger partial charge in [-0.25, -0.2) is 4.39 Å². The molecule has 10 heavy (non-hydrogen) atoms. The van der Waals surface area contributed by atoms with Crippen molar-refractivity contribution >= 4 is 0 Å². The molecule has 1 saturated heterocycles. The average Bonchev–Trinajstić information content (AvgIpc) is 2.11. The van der Waals surface area contributed by atoms with E-state index in [4.69, 9.17) is 4.74 Å². The first-order valence-electron chi connectivity index (χ1n) is 3.50. The van der Waals surface area contributed by atoms with Crippen molar-refractivity contribution in [3.8, 4) is 0 Å². The van der Waals surface area contributed by atoms with Crippen LogP contribution in [-0.4, -0.2) is 29.6 Å². The fraction of sp³-hybridized carbons (Fsp3) is 1.00. The zero-order valence-corrected chi connectivity index (χ0v) is 6.30. The third kappa shape index (κ3) is 1.47. The predicted molar refractivity (Wildman–Crippen MR) is 35.6 cm³/mol. The van der Waals surface area contributed by atoms with Crippen LogP contribution in [0.25, 0.3) is 0 Å². The minimum Gasteiger partial charge on any atom is -0.388 e. The predicted octanol–water partition coefficient (Wildman–Crippen LogP) is 0.884. The van der Waals surface area contributed by atoms with Gasteiger partial charge in [0.05, 0.1) is 12.2 Å². The second-order valence-electron chi connectivity index (χ2n) is 3.25. The van der Waals surface area contributed by atoms with Crippen LogP contribution in [0.3, 0.4) is 0 Å². The van der Waals surface area contributed by atoms with Crippen molar-refractivity contribution in [2.75, 3.05) is 6.61 Å². The van der Waals surface area contributed by atoms with Gasteiger partial charge in [0.25, 0.3) is 0 Å². The Morgan fingerprint density at radius 1 is 1.60 bits per heavy atom. The smallest absolute Gasteiger partial charge is 0.131 e. The molecule has 0 aromatic rings. The standard InChI is InChI=1S/C7H13FO2/c1-7(2,9)6-5(8)3-4-10-6/h5-6,9H,3-4H2,1-2H3. The largest absolute Gasteiger partial charge is 0.388 e. The Labute approximate surface area is 60.0 Å². The third-order valence-electron chi connectivity index (χ3n) is 1.72. The first kappa shape index (κ1) is 7.95. The van der Waals surface area contributed by atoms with Gasteiger partial charge in [-0.2, -0.15) is 0 Å². The van der Waals surface area contributed by atoms with Gasteiger partial charge in [-0.15, -0.1) is 0 Å². The van der Waals surface area contributed by atoms with Crippen molar-refractivity contribution in [1.29, 1.82) is 0 Å². The highest BCUT2D eigenvalue weighted by molar-refractivity contribution is 4.88. The maximum atomic E-state index is 12.8. The molecule has 2 unspecified atom stereocenters. The van der Waals surface area contributed by atoms with Crippen LogP contribution in [0.15, 0.2) is 0 Å². The van der Waals surface area contributed by atoms with Gasteiger partial charge in [0, 0.05) is 6.42 Å². The molecular formula is C7H13FO2. The lowest BCUT2D eigenvalue weighted by atomic mass is 9.98. The van der Waals surface area contributed by atoms with Crippen molar-refractivity contribution in [1.82, 2.24) is 0 Å². The van der Waals surface area contributed by atoms with Crippen LogP contribution in [-0.2, 0) is 4.74 Å². The van der Waals surface area contributed by atoms with Gasteiger partial charge in [-0.1, -0.05) is 0 Å². The lowest BCUT2D eigenvalue weighted by Crippen LogP contribution is -2.40. The molecule has 1 rings (SSSR count). The molecule has 1 heterocycles. The van der Waals surface area contributed by atoms with Crippen molar-refractivity contribution in [3.63, 3.8) is 0 Å². The van der Waals surface area contributed by atoms with Crippen LogP contribution in [0, 0.1) is 0 Å².